The molecule has 0 radical (unpaired) electrons. The number of ketones is 1. The topological polar surface area (TPSA) is 46.5 Å². The maximum Gasteiger partial charge on any atom is 0.132 e. The van der Waals surface area contributed by atoms with Gasteiger partial charge in [0.1, 0.15) is 5.78 Å². The molecule has 1 heterocycles. The number of hydrogen-bond donors (Lipinski definition) is 1. The summed E-state index contributed by atoms with van der Waals surface area (Å²) in [5.41, 5.74) is 0. The Bertz CT molecular complexity index is 196. The van der Waals surface area contributed by atoms with Crippen LogP contribution in [0.3, 0.4) is 0 Å². The molecule has 2 atom stereocenters. The quantitative estimate of drug-likeness (QED) is 0.808. The smallest absolute Gasteiger partial charge is 0.132 e. The fourth-order valence-electron chi connectivity index (χ4n) is 1.86. The Morgan fingerprint density at radius 3 is 2.06 bits per heavy atom. The second-order valence-electron chi connectivity index (χ2n) is 5.02. The molecule has 0 aromatic carbocycles. The van der Waals surface area contributed by atoms with Crippen molar-refractivity contribution < 1.29 is 14.6 Å². The monoisotopic (exact) mass is 244 g/mol. The van der Waals surface area contributed by atoms with Crippen LogP contribution in [-0.4, -0.2) is 29.7 Å². The van der Waals surface area contributed by atoms with Gasteiger partial charge in [0.05, 0.1) is 18.8 Å². The molecular weight excluding hydrogens is 216 g/mol. The van der Waals surface area contributed by atoms with Gasteiger partial charge in [-0.05, 0) is 25.2 Å². The third-order valence-electron chi connectivity index (χ3n) is 2.92. The van der Waals surface area contributed by atoms with E-state index in [-0.39, 0.29) is 12.7 Å². The van der Waals surface area contributed by atoms with Crippen LogP contribution in [0.4, 0.5) is 0 Å². The molecule has 3 heteroatoms. The molecule has 2 unspecified atom stereocenters. The maximum absolute atomic E-state index is 10.2. The number of aliphatic hydroxyl groups excluding tert-OH is 1. The van der Waals surface area contributed by atoms with E-state index < -0.39 is 0 Å². The summed E-state index contributed by atoms with van der Waals surface area (Å²) in [6, 6.07) is 0. The normalized spacial score (nSPS) is 23.4. The molecule has 0 aliphatic carbocycles. The van der Waals surface area contributed by atoms with Crippen molar-refractivity contribution in [3.63, 3.8) is 0 Å². The van der Waals surface area contributed by atoms with E-state index in [1.165, 1.54) is 0 Å². The van der Waals surface area contributed by atoms with Crippen LogP contribution in [0.15, 0.2) is 0 Å². The Hall–Kier alpha value is -0.410. The van der Waals surface area contributed by atoms with E-state index in [1.54, 1.807) is 0 Å². The van der Waals surface area contributed by atoms with Gasteiger partial charge < -0.3 is 9.84 Å². The van der Waals surface area contributed by atoms with Gasteiger partial charge in [0, 0.05) is 12.8 Å². The zero-order valence-electron chi connectivity index (χ0n) is 11.7. The Morgan fingerprint density at radius 2 is 1.76 bits per heavy atom. The third-order valence-corrected chi connectivity index (χ3v) is 2.92. The molecule has 1 aliphatic heterocycles. The van der Waals surface area contributed by atoms with Crippen molar-refractivity contribution in [1.29, 1.82) is 0 Å². The highest BCUT2D eigenvalue weighted by Crippen LogP contribution is 2.24. The van der Waals surface area contributed by atoms with Crippen molar-refractivity contribution in [2.45, 2.75) is 72.0 Å². The minimum atomic E-state index is 0.124. The lowest BCUT2D eigenvalue weighted by Gasteiger charge is -2.13. The minimum absolute atomic E-state index is 0.124. The summed E-state index contributed by atoms with van der Waals surface area (Å²) in [6.07, 6.45) is 5.21. The van der Waals surface area contributed by atoms with Crippen molar-refractivity contribution in [3.8, 4) is 0 Å². The van der Waals surface area contributed by atoms with E-state index in [2.05, 4.69) is 13.8 Å². The predicted molar refractivity (Wildman–Crippen MR) is 70.0 cm³/mol. The highest BCUT2D eigenvalue weighted by molar-refractivity contribution is 5.77. The first kappa shape index (κ1) is 16.6. The van der Waals surface area contributed by atoms with Crippen molar-refractivity contribution in [1.82, 2.24) is 0 Å². The van der Waals surface area contributed by atoms with Crippen LogP contribution in [0, 0.1) is 5.92 Å². The van der Waals surface area contributed by atoms with Gasteiger partial charge in [-0.25, -0.2) is 0 Å². The molecule has 0 aromatic rings. The summed E-state index contributed by atoms with van der Waals surface area (Å²) in [6.45, 7) is 8.36. The average Bonchev–Trinajstić information content (AvgIpc) is 2.75. The molecule has 1 fully saturated rings. The van der Waals surface area contributed by atoms with E-state index >= 15 is 0 Å². The maximum atomic E-state index is 10.2. The molecule has 0 bridgehead atoms. The summed E-state index contributed by atoms with van der Waals surface area (Å²) >= 11 is 0. The van der Waals surface area contributed by atoms with E-state index in [4.69, 9.17) is 9.84 Å². The van der Waals surface area contributed by atoms with Crippen LogP contribution in [-0.2, 0) is 9.53 Å². The summed E-state index contributed by atoms with van der Waals surface area (Å²) in [5, 5.41) is 8.79. The number of aliphatic hydroxyl groups is 1. The standard InChI is InChI=1S/C9H18O2.C5H10O/c1-7(2)5-8-3-4-9(6-10)11-8;1-3-5(6)4-2/h7-10H,3-6H2,1-2H3;3-4H2,1-2H3. The number of Topliss-reactive ketones (excluding diaryl/α,β-unsaturated/α-hetero) is 1. The van der Waals surface area contributed by atoms with Gasteiger partial charge in [-0.2, -0.15) is 0 Å². The molecule has 0 saturated carbocycles. The minimum Gasteiger partial charge on any atom is -0.394 e. The van der Waals surface area contributed by atoms with Crippen molar-refractivity contribution in [2.75, 3.05) is 6.61 Å². The average molecular weight is 244 g/mol. The summed E-state index contributed by atoms with van der Waals surface area (Å²) in [7, 11) is 0. The molecule has 0 spiro atoms. The van der Waals surface area contributed by atoms with E-state index in [1.807, 2.05) is 13.8 Å². The molecule has 1 N–H and O–H groups in total. The zero-order chi connectivity index (χ0) is 13.3. The summed E-state index contributed by atoms with van der Waals surface area (Å²) in [4.78, 5) is 10.2. The second-order valence-corrected chi connectivity index (χ2v) is 5.02. The fraction of sp³-hybridized carbons (Fsp3) is 0.929. The molecule has 3 nitrogen and oxygen atoms in total. The number of hydrogen-bond acceptors (Lipinski definition) is 3. The van der Waals surface area contributed by atoms with Crippen LogP contribution in [0.5, 0.6) is 0 Å². The first-order valence-corrected chi connectivity index (χ1v) is 6.81. The number of carbonyl (C=O) groups is 1. The number of rotatable bonds is 5. The Morgan fingerprint density at radius 1 is 1.24 bits per heavy atom. The molecule has 17 heavy (non-hydrogen) atoms. The van der Waals surface area contributed by atoms with Gasteiger partial charge in [-0.15, -0.1) is 0 Å². The summed E-state index contributed by atoms with van der Waals surface area (Å²) < 4.78 is 5.57. The van der Waals surface area contributed by atoms with Gasteiger partial charge in [0.25, 0.3) is 0 Å². The van der Waals surface area contributed by atoms with Gasteiger partial charge in [-0.3, -0.25) is 4.79 Å². The van der Waals surface area contributed by atoms with Gasteiger partial charge in [0.15, 0.2) is 0 Å². The molecule has 0 amide bonds. The van der Waals surface area contributed by atoms with Crippen molar-refractivity contribution in [2.24, 2.45) is 5.92 Å². The van der Waals surface area contributed by atoms with Crippen LogP contribution < -0.4 is 0 Å². The van der Waals surface area contributed by atoms with Gasteiger partial charge in [-0.1, -0.05) is 27.7 Å². The van der Waals surface area contributed by atoms with Crippen LogP contribution >= 0.6 is 0 Å². The lowest BCUT2D eigenvalue weighted by molar-refractivity contribution is -0.118. The predicted octanol–water partition coefficient (Wildman–Crippen LogP) is 2.95. The van der Waals surface area contributed by atoms with Crippen LogP contribution in [0.25, 0.3) is 0 Å². The van der Waals surface area contributed by atoms with E-state index in [0.29, 0.717) is 30.6 Å². The van der Waals surface area contributed by atoms with E-state index in [0.717, 1.165) is 19.3 Å². The molecule has 102 valence electrons. The number of ether oxygens (including phenoxy) is 1. The Kier molecular flexibility index (Phi) is 9.37. The molecule has 1 saturated heterocycles. The van der Waals surface area contributed by atoms with Crippen molar-refractivity contribution in [3.05, 3.63) is 0 Å². The Balaban J connectivity index is 0.000000366. The molecule has 1 rings (SSSR count). The number of carbonyl (C=O) groups excluding carboxylic acids is 1. The SMILES string of the molecule is CC(C)CC1CCC(CO)O1.CCC(=O)CC. The first-order valence-electron chi connectivity index (χ1n) is 6.81. The van der Waals surface area contributed by atoms with E-state index in [9.17, 15) is 4.79 Å². The van der Waals surface area contributed by atoms with Crippen molar-refractivity contribution >= 4 is 5.78 Å². The lowest BCUT2D eigenvalue weighted by Crippen LogP contribution is -2.15. The molecule has 1 aliphatic rings. The summed E-state index contributed by atoms with van der Waals surface area (Å²) in [5.74, 6) is 1.05. The fourth-order valence-corrected chi connectivity index (χ4v) is 1.86. The lowest BCUT2D eigenvalue weighted by atomic mass is 10.0. The highest BCUT2D eigenvalue weighted by atomic mass is 16.5. The van der Waals surface area contributed by atoms with Gasteiger partial charge >= 0.3 is 0 Å². The van der Waals surface area contributed by atoms with Crippen LogP contribution in [0.1, 0.15) is 59.8 Å². The first-order chi connectivity index (χ1) is 8.03. The Labute approximate surface area is 106 Å². The highest BCUT2D eigenvalue weighted by Gasteiger charge is 2.24. The molecular formula is C14H28O3. The van der Waals surface area contributed by atoms with Gasteiger partial charge in [0.2, 0.25) is 0 Å². The largest absolute Gasteiger partial charge is 0.394 e. The zero-order valence-corrected chi connectivity index (χ0v) is 11.7. The second kappa shape index (κ2) is 9.60. The van der Waals surface area contributed by atoms with Crippen LogP contribution in [0.2, 0.25) is 0 Å². The molecule has 0 aromatic heterocycles. The third kappa shape index (κ3) is 8.33.